The molecule has 128 valence electrons. The standard InChI is InChI=1S/C17H13N7O2/c25-17(14-7-15(26-23-14)12-3-1-5-18-8-12)21-9-13-4-2-6-20-16(13)24-11-19-10-22-24/h1-8,10-11H,9H2,(H,21,25). The van der Waals surface area contributed by atoms with Crippen LogP contribution in [-0.4, -0.2) is 35.8 Å². The molecule has 1 amide bonds. The molecule has 0 fully saturated rings. The zero-order valence-corrected chi connectivity index (χ0v) is 13.5. The van der Waals surface area contributed by atoms with E-state index in [0.717, 1.165) is 11.1 Å². The Morgan fingerprint density at radius 2 is 2.12 bits per heavy atom. The van der Waals surface area contributed by atoms with Crippen molar-refractivity contribution in [2.24, 2.45) is 0 Å². The molecule has 0 spiro atoms. The molecule has 0 aliphatic heterocycles. The van der Waals surface area contributed by atoms with Crippen LogP contribution in [0.4, 0.5) is 0 Å². The fourth-order valence-corrected chi connectivity index (χ4v) is 2.38. The first-order valence-corrected chi connectivity index (χ1v) is 7.75. The highest BCUT2D eigenvalue weighted by Crippen LogP contribution is 2.19. The smallest absolute Gasteiger partial charge is 0.273 e. The molecule has 0 saturated carbocycles. The van der Waals surface area contributed by atoms with Gasteiger partial charge < -0.3 is 9.84 Å². The Bertz CT molecular complexity index is 1010. The minimum atomic E-state index is -0.350. The summed E-state index contributed by atoms with van der Waals surface area (Å²) in [5, 5.41) is 10.7. The van der Waals surface area contributed by atoms with Crippen molar-refractivity contribution in [3.05, 3.63) is 72.8 Å². The van der Waals surface area contributed by atoms with Crippen LogP contribution in [0.1, 0.15) is 16.1 Å². The van der Waals surface area contributed by atoms with E-state index in [1.807, 2.05) is 12.1 Å². The Morgan fingerprint density at radius 1 is 1.19 bits per heavy atom. The van der Waals surface area contributed by atoms with Crippen molar-refractivity contribution in [1.82, 2.24) is 35.2 Å². The van der Waals surface area contributed by atoms with Gasteiger partial charge in [-0.25, -0.2) is 14.6 Å². The molecule has 9 nitrogen and oxygen atoms in total. The van der Waals surface area contributed by atoms with Crippen LogP contribution in [0, 0.1) is 0 Å². The summed E-state index contributed by atoms with van der Waals surface area (Å²) in [6.45, 7) is 0.261. The second-order valence-corrected chi connectivity index (χ2v) is 5.33. The van der Waals surface area contributed by atoms with E-state index in [9.17, 15) is 4.79 Å². The van der Waals surface area contributed by atoms with Gasteiger partial charge in [0.25, 0.3) is 5.91 Å². The average Bonchev–Trinajstić information content (AvgIpc) is 3.39. The van der Waals surface area contributed by atoms with Gasteiger partial charge in [0.2, 0.25) is 0 Å². The topological polar surface area (TPSA) is 112 Å². The molecule has 4 heterocycles. The van der Waals surface area contributed by atoms with Crippen LogP contribution < -0.4 is 5.32 Å². The van der Waals surface area contributed by atoms with Gasteiger partial charge in [0.15, 0.2) is 17.3 Å². The maximum Gasteiger partial charge on any atom is 0.273 e. The van der Waals surface area contributed by atoms with E-state index in [1.165, 1.54) is 11.0 Å². The number of pyridine rings is 2. The van der Waals surface area contributed by atoms with E-state index >= 15 is 0 Å². The minimum Gasteiger partial charge on any atom is -0.355 e. The Kier molecular flexibility index (Phi) is 4.17. The molecule has 0 atom stereocenters. The lowest BCUT2D eigenvalue weighted by atomic mass is 10.2. The number of carbonyl (C=O) groups is 1. The number of nitrogens with zero attached hydrogens (tertiary/aromatic N) is 6. The highest BCUT2D eigenvalue weighted by Gasteiger charge is 2.15. The van der Waals surface area contributed by atoms with Gasteiger partial charge >= 0.3 is 0 Å². The van der Waals surface area contributed by atoms with Crippen molar-refractivity contribution in [3.63, 3.8) is 0 Å². The van der Waals surface area contributed by atoms with E-state index in [1.54, 1.807) is 43.1 Å². The van der Waals surface area contributed by atoms with Gasteiger partial charge in [0, 0.05) is 42.3 Å². The molecule has 0 bridgehead atoms. The Balaban J connectivity index is 1.48. The van der Waals surface area contributed by atoms with E-state index in [-0.39, 0.29) is 18.1 Å². The van der Waals surface area contributed by atoms with Gasteiger partial charge in [-0.05, 0) is 18.2 Å². The third-order valence-electron chi connectivity index (χ3n) is 3.63. The van der Waals surface area contributed by atoms with Crippen LogP contribution in [0.5, 0.6) is 0 Å². The first kappa shape index (κ1) is 15.6. The first-order valence-electron chi connectivity index (χ1n) is 7.75. The fourth-order valence-electron chi connectivity index (χ4n) is 2.38. The van der Waals surface area contributed by atoms with E-state index < -0.39 is 0 Å². The van der Waals surface area contributed by atoms with Crippen LogP contribution in [0.3, 0.4) is 0 Å². The third-order valence-corrected chi connectivity index (χ3v) is 3.63. The second kappa shape index (κ2) is 6.93. The third kappa shape index (κ3) is 3.18. The minimum absolute atomic E-state index is 0.190. The number of aromatic nitrogens is 6. The molecule has 0 aliphatic carbocycles. The predicted octanol–water partition coefficient (Wildman–Crippen LogP) is 1.64. The summed E-state index contributed by atoms with van der Waals surface area (Å²) in [7, 11) is 0. The highest BCUT2D eigenvalue weighted by atomic mass is 16.5. The molecule has 1 N–H and O–H groups in total. The summed E-state index contributed by atoms with van der Waals surface area (Å²) in [5.41, 5.74) is 1.73. The Morgan fingerprint density at radius 3 is 2.92 bits per heavy atom. The van der Waals surface area contributed by atoms with Crippen molar-refractivity contribution in [2.45, 2.75) is 6.54 Å². The molecule has 4 rings (SSSR count). The summed E-state index contributed by atoms with van der Waals surface area (Å²) >= 11 is 0. The maximum atomic E-state index is 12.4. The van der Waals surface area contributed by atoms with Crippen molar-refractivity contribution >= 4 is 5.91 Å². The van der Waals surface area contributed by atoms with Gasteiger partial charge in [0.1, 0.15) is 12.7 Å². The van der Waals surface area contributed by atoms with Gasteiger partial charge in [-0.15, -0.1) is 0 Å². The van der Waals surface area contributed by atoms with Crippen molar-refractivity contribution in [3.8, 4) is 17.1 Å². The molecule has 9 heteroatoms. The molecule has 0 aromatic carbocycles. The zero-order chi connectivity index (χ0) is 17.8. The highest BCUT2D eigenvalue weighted by molar-refractivity contribution is 5.93. The zero-order valence-electron chi connectivity index (χ0n) is 13.5. The van der Waals surface area contributed by atoms with Crippen molar-refractivity contribution < 1.29 is 9.32 Å². The molecule has 26 heavy (non-hydrogen) atoms. The Labute approximate surface area is 147 Å². The average molecular weight is 347 g/mol. The molecule has 0 aliphatic rings. The monoisotopic (exact) mass is 347 g/mol. The predicted molar refractivity (Wildman–Crippen MR) is 90.1 cm³/mol. The first-order chi connectivity index (χ1) is 12.8. The number of hydrogen-bond donors (Lipinski definition) is 1. The lowest BCUT2D eigenvalue weighted by Gasteiger charge is -2.08. The van der Waals surface area contributed by atoms with E-state index in [4.69, 9.17) is 4.52 Å². The van der Waals surface area contributed by atoms with Crippen molar-refractivity contribution in [2.75, 3.05) is 0 Å². The van der Waals surface area contributed by atoms with Crippen LogP contribution >= 0.6 is 0 Å². The number of amides is 1. The summed E-state index contributed by atoms with van der Waals surface area (Å²) < 4.78 is 6.76. The summed E-state index contributed by atoms with van der Waals surface area (Å²) in [4.78, 5) is 24.6. The molecule has 0 saturated heterocycles. The largest absolute Gasteiger partial charge is 0.355 e. The van der Waals surface area contributed by atoms with Crippen LogP contribution in [-0.2, 0) is 6.54 Å². The lowest BCUT2D eigenvalue weighted by Crippen LogP contribution is -2.24. The van der Waals surface area contributed by atoms with Crippen LogP contribution in [0.25, 0.3) is 17.1 Å². The fraction of sp³-hybridized carbons (Fsp3) is 0.0588. The molecule has 0 unspecified atom stereocenters. The molecule has 4 aromatic heterocycles. The van der Waals surface area contributed by atoms with Crippen LogP contribution in [0.15, 0.2) is 66.1 Å². The Hall–Kier alpha value is -3.88. The van der Waals surface area contributed by atoms with E-state index in [2.05, 4.69) is 30.5 Å². The maximum absolute atomic E-state index is 12.4. The summed E-state index contributed by atoms with van der Waals surface area (Å²) in [6, 6.07) is 8.83. The van der Waals surface area contributed by atoms with Gasteiger partial charge in [0.05, 0.1) is 0 Å². The van der Waals surface area contributed by atoms with Gasteiger partial charge in [-0.3, -0.25) is 9.78 Å². The van der Waals surface area contributed by atoms with Gasteiger partial charge in [-0.2, -0.15) is 5.10 Å². The number of rotatable bonds is 5. The quantitative estimate of drug-likeness (QED) is 0.584. The molecule has 0 radical (unpaired) electrons. The number of carbonyl (C=O) groups excluding carboxylic acids is 1. The van der Waals surface area contributed by atoms with Gasteiger partial charge in [-0.1, -0.05) is 11.2 Å². The van der Waals surface area contributed by atoms with Crippen molar-refractivity contribution in [1.29, 1.82) is 0 Å². The number of hydrogen-bond acceptors (Lipinski definition) is 7. The van der Waals surface area contributed by atoms with Crippen LogP contribution in [0.2, 0.25) is 0 Å². The summed E-state index contributed by atoms with van der Waals surface area (Å²) in [5.74, 6) is 0.728. The van der Waals surface area contributed by atoms with E-state index in [0.29, 0.717) is 11.6 Å². The molecular weight excluding hydrogens is 334 g/mol. The second-order valence-electron chi connectivity index (χ2n) is 5.33. The lowest BCUT2D eigenvalue weighted by molar-refractivity contribution is 0.0942. The molecular formula is C17H13N7O2. The summed E-state index contributed by atoms with van der Waals surface area (Å²) in [6.07, 6.45) is 7.92. The molecule has 4 aromatic rings. The number of nitrogens with one attached hydrogen (secondary N) is 1. The SMILES string of the molecule is O=C(NCc1cccnc1-n1cncn1)c1cc(-c2cccnc2)on1. The normalized spacial score (nSPS) is 10.6.